The minimum Gasteiger partial charge on any atom is -0.444 e. The number of carbonyl (C=O) groups is 1. The predicted octanol–water partition coefficient (Wildman–Crippen LogP) is 1.12. The Balaban J connectivity index is 2.59. The van der Waals surface area contributed by atoms with Gasteiger partial charge in [0, 0.05) is 25.8 Å². The van der Waals surface area contributed by atoms with Crippen molar-refractivity contribution in [1.82, 2.24) is 15.1 Å². The molecular weight excluding hydrogens is 244 g/mol. The van der Waals surface area contributed by atoms with Crippen molar-refractivity contribution in [2.24, 2.45) is 12.8 Å². The minimum absolute atomic E-state index is 0.155. The molecule has 0 bridgehead atoms. The van der Waals surface area contributed by atoms with Gasteiger partial charge >= 0.3 is 6.09 Å². The standard InChI is InChI=1S/C13H24N4O2/c1-9-10(8-17(5)16-9)6-11(7-14)15-12(18)19-13(2,3)4/h8,11H,6-7,14H2,1-5H3,(H,15,18). The number of nitrogens with one attached hydrogen (secondary N) is 1. The first-order valence-electron chi connectivity index (χ1n) is 6.40. The minimum atomic E-state index is -0.506. The Bertz CT molecular complexity index is 434. The normalized spacial score (nSPS) is 13.2. The third-order valence-electron chi connectivity index (χ3n) is 2.59. The van der Waals surface area contributed by atoms with E-state index in [0.717, 1.165) is 11.3 Å². The molecule has 3 N–H and O–H groups in total. The Morgan fingerprint density at radius 3 is 2.63 bits per heavy atom. The van der Waals surface area contributed by atoms with Gasteiger partial charge in [-0.25, -0.2) is 4.79 Å². The second-order valence-corrected chi connectivity index (χ2v) is 5.70. The van der Waals surface area contributed by atoms with E-state index in [-0.39, 0.29) is 6.04 Å². The van der Waals surface area contributed by atoms with Crippen molar-refractivity contribution in [2.75, 3.05) is 6.54 Å². The van der Waals surface area contributed by atoms with Crippen LogP contribution in [0.2, 0.25) is 0 Å². The molecule has 0 saturated carbocycles. The number of carbonyl (C=O) groups excluding carboxylic acids is 1. The Hall–Kier alpha value is -1.56. The molecular formula is C13H24N4O2. The van der Waals surface area contributed by atoms with E-state index in [0.29, 0.717) is 13.0 Å². The van der Waals surface area contributed by atoms with Gasteiger partial charge in [-0.1, -0.05) is 0 Å². The van der Waals surface area contributed by atoms with E-state index < -0.39 is 11.7 Å². The summed E-state index contributed by atoms with van der Waals surface area (Å²) < 4.78 is 6.97. The van der Waals surface area contributed by atoms with Gasteiger partial charge in [-0.2, -0.15) is 5.10 Å². The van der Waals surface area contributed by atoms with Crippen molar-refractivity contribution in [3.63, 3.8) is 0 Å². The van der Waals surface area contributed by atoms with Crippen molar-refractivity contribution in [1.29, 1.82) is 0 Å². The van der Waals surface area contributed by atoms with Crippen molar-refractivity contribution in [3.8, 4) is 0 Å². The van der Waals surface area contributed by atoms with E-state index in [2.05, 4.69) is 10.4 Å². The summed E-state index contributed by atoms with van der Waals surface area (Å²) in [6.07, 6.45) is 2.15. The van der Waals surface area contributed by atoms with E-state index in [1.807, 2.05) is 40.9 Å². The van der Waals surface area contributed by atoms with Crippen molar-refractivity contribution >= 4 is 6.09 Å². The maximum atomic E-state index is 11.7. The van der Waals surface area contributed by atoms with E-state index in [4.69, 9.17) is 10.5 Å². The van der Waals surface area contributed by atoms with Crippen LogP contribution < -0.4 is 11.1 Å². The summed E-state index contributed by atoms with van der Waals surface area (Å²) in [6.45, 7) is 7.78. The van der Waals surface area contributed by atoms with Crippen LogP contribution in [0, 0.1) is 6.92 Å². The van der Waals surface area contributed by atoms with Crippen molar-refractivity contribution in [3.05, 3.63) is 17.5 Å². The third-order valence-corrected chi connectivity index (χ3v) is 2.59. The quantitative estimate of drug-likeness (QED) is 0.857. The lowest BCUT2D eigenvalue weighted by Gasteiger charge is -2.22. The van der Waals surface area contributed by atoms with Crippen LogP contribution in [-0.2, 0) is 18.2 Å². The molecule has 0 saturated heterocycles. The monoisotopic (exact) mass is 268 g/mol. The van der Waals surface area contributed by atoms with Crippen molar-refractivity contribution < 1.29 is 9.53 Å². The molecule has 0 spiro atoms. The van der Waals surface area contributed by atoms with Gasteiger partial charge in [-0.3, -0.25) is 4.68 Å². The summed E-state index contributed by atoms with van der Waals surface area (Å²) >= 11 is 0. The third kappa shape index (κ3) is 5.30. The van der Waals surface area contributed by atoms with Gasteiger partial charge in [0.05, 0.1) is 5.69 Å². The molecule has 1 amide bonds. The number of nitrogens with zero attached hydrogens (tertiary/aromatic N) is 2. The Kier molecular flexibility index (Phi) is 4.94. The molecule has 19 heavy (non-hydrogen) atoms. The van der Waals surface area contributed by atoms with Crippen LogP contribution >= 0.6 is 0 Å². The first-order chi connectivity index (χ1) is 8.71. The fraction of sp³-hybridized carbons (Fsp3) is 0.692. The highest BCUT2D eigenvalue weighted by molar-refractivity contribution is 5.68. The molecule has 1 rings (SSSR count). The van der Waals surface area contributed by atoms with Gasteiger partial charge in [0.15, 0.2) is 0 Å². The molecule has 0 aromatic carbocycles. The molecule has 6 nitrogen and oxygen atoms in total. The highest BCUT2D eigenvalue weighted by Gasteiger charge is 2.19. The van der Waals surface area contributed by atoms with Crippen LogP contribution in [0.15, 0.2) is 6.20 Å². The highest BCUT2D eigenvalue weighted by atomic mass is 16.6. The second-order valence-electron chi connectivity index (χ2n) is 5.70. The number of aromatic nitrogens is 2. The van der Waals surface area contributed by atoms with Crippen LogP contribution in [0.1, 0.15) is 32.0 Å². The zero-order chi connectivity index (χ0) is 14.6. The lowest BCUT2D eigenvalue weighted by atomic mass is 10.1. The highest BCUT2D eigenvalue weighted by Crippen LogP contribution is 2.10. The summed E-state index contributed by atoms with van der Waals surface area (Å²) in [4.78, 5) is 11.7. The van der Waals surface area contributed by atoms with Crippen molar-refractivity contribution in [2.45, 2.75) is 45.8 Å². The molecule has 1 heterocycles. The Morgan fingerprint density at radius 1 is 1.58 bits per heavy atom. The number of rotatable bonds is 4. The zero-order valence-corrected chi connectivity index (χ0v) is 12.4. The molecule has 108 valence electrons. The topological polar surface area (TPSA) is 82.2 Å². The SMILES string of the molecule is Cc1nn(C)cc1CC(CN)NC(=O)OC(C)(C)C. The number of hydrogen-bond donors (Lipinski definition) is 2. The number of nitrogens with two attached hydrogens (primary N) is 1. The van der Waals surface area contributed by atoms with Crippen LogP contribution in [-0.4, -0.2) is 34.1 Å². The number of aryl methyl sites for hydroxylation is 2. The van der Waals surface area contributed by atoms with E-state index in [1.54, 1.807) is 4.68 Å². The zero-order valence-electron chi connectivity index (χ0n) is 12.4. The fourth-order valence-corrected chi connectivity index (χ4v) is 1.78. The Morgan fingerprint density at radius 2 is 2.21 bits per heavy atom. The van der Waals surface area contributed by atoms with Crippen LogP contribution in [0.25, 0.3) is 0 Å². The summed E-state index contributed by atoms with van der Waals surface area (Å²) in [5.41, 5.74) is 7.21. The smallest absolute Gasteiger partial charge is 0.407 e. The average molecular weight is 268 g/mol. The lowest BCUT2D eigenvalue weighted by molar-refractivity contribution is 0.0506. The van der Waals surface area contributed by atoms with Gasteiger partial charge in [-0.05, 0) is 39.7 Å². The largest absolute Gasteiger partial charge is 0.444 e. The lowest BCUT2D eigenvalue weighted by Crippen LogP contribution is -2.44. The molecule has 1 aromatic heterocycles. The van der Waals surface area contributed by atoms with Crippen LogP contribution in [0.5, 0.6) is 0 Å². The first kappa shape index (κ1) is 15.5. The molecule has 0 aliphatic carbocycles. The first-order valence-corrected chi connectivity index (χ1v) is 6.40. The molecule has 0 aliphatic heterocycles. The van der Waals surface area contributed by atoms with E-state index in [9.17, 15) is 4.79 Å². The van der Waals surface area contributed by atoms with Gasteiger partial charge < -0.3 is 15.8 Å². The molecule has 0 aliphatic rings. The molecule has 1 aromatic rings. The molecule has 0 fully saturated rings. The van der Waals surface area contributed by atoms with Gasteiger partial charge in [0.1, 0.15) is 5.60 Å². The summed E-state index contributed by atoms with van der Waals surface area (Å²) in [5.74, 6) is 0. The number of alkyl carbamates (subject to hydrolysis) is 1. The van der Waals surface area contributed by atoms with Gasteiger partial charge in [0.25, 0.3) is 0 Å². The average Bonchev–Trinajstić information content (AvgIpc) is 2.53. The molecule has 1 unspecified atom stereocenters. The van der Waals surface area contributed by atoms with Gasteiger partial charge in [-0.15, -0.1) is 0 Å². The van der Waals surface area contributed by atoms with E-state index in [1.165, 1.54) is 0 Å². The van der Waals surface area contributed by atoms with Crippen LogP contribution in [0.3, 0.4) is 0 Å². The summed E-state index contributed by atoms with van der Waals surface area (Å²) in [5, 5.41) is 7.05. The second kappa shape index (κ2) is 6.06. The van der Waals surface area contributed by atoms with E-state index >= 15 is 0 Å². The fourth-order valence-electron chi connectivity index (χ4n) is 1.78. The number of ether oxygens (including phenoxy) is 1. The van der Waals surface area contributed by atoms with Gasteiger partial charge in [0.2, 0.25) is 0 Å². The number of hydrogen-bond acceptors (Lipinski definition) is 4. The molecule has 0 radical (unpaired) electrons. The summed E-state index contributed by atoms with van der Waals surface area (Å²) in [7, 11) is 1.87. The Labute approximate surface area is 114 Å². The predicted molar refractivity (Wildman–Crippen MR) is 73.9 cm³/mol. The number of amides is 1. The maximum Gasteiger partial charge on any atom is 0.407 e. The molecule has 6 heteroatoms. The summed E-state index contributed by atoms with van der Waals surface area (Å²) in [6, 6.07) is -0.155. The van der Waals surface area contributed by atoms with Crippen LogP contribution in [0.4, 0.5) is 4.79 Å². The maximum absolute atomic E-state index is 11.7. The molecule has 1 atom stereocenters.